The predicted octanol–water partition coefficient (Wildman–Crippen LogP) is 1.71. The molecule has 1 rings (SSSR count). The fourth-order valence-electron chi connectivity index (χ4n) is 0.520. The molecule has 3 heteroatoms. The van der Waals surface area contributed by atoms with E-state index >= 15 is 0 Å². The molecule has 1 heterocycles. The van der Waals surface area contributed by atoms with Crippen LogP contribution in [0, 0.1) is 5.92 Å². The van der Waals surface area contributed by atoms with Crippen molar-refractivity contribution in [3.05, 3.63) is 12.5 Å². The molecule has 0 N–H and O–H groups in total. The van der Waals surface area contributed by atoms with Crippen molar-refractivity contribution in [3.63, 3.8) is 0 Å². The minimum absolute atomic E-state index is 0.355. The molecule has 56 valence electrons. The largest absolute Gasteiger partial charge is 0.450 e. The van der Waals surface area contributed by atoms with Crippen molar-refractivity contribution in [1.29, 1.82) is 0 Å². The second-order valence-electron chi connectivity index (χ2n) is 2.50. The normalized spacial score (nSPS) is 10.3. The minimum Gasteiger partial charge on any atom is -0.450 e. The van der Waals surface area contributed by atoms with Gasteiger partial charge in [-0.15, -0.1) is 0 Å². The number of ether oxygens (including phenoxy) is 1. The van der Waals surface area contributed by atoms with Crippen LogP contribution in [0.1, 0.15) is 13.8 Å². The average Bonchev–Trinajstić information content (AvgIpc) is 2.34. The van der Waals surface area contributed by atoms with E-state index in [-0.39, 0.29) is 0 Å². The molecule has 0 saturated heterocycles. The lowest BCUT2D eigenvalue weighted by molar-refractivity contribution is 0.202. The Morgan fingerprint density at radius 1 is 1.70 bits per heavy atom. The van der Waals surface area contributed by atoms with Crippen LogP contribution < -0.4 is 4.74 Å². The van der Waals surface area contributed by atoms with Crippen LogP contribution in [0.3, 0.4) is 0 Å². The zero-order valence-electron chi connectivity index (χ0n) is 6.20. The lowest BCUT2D eigenvalue weighted by Gasteiger charge is -2.02. The van der Waals surface area contributed by atoms with Gasteiger partial charge in [0.2, 0.25) is 0 Å². The molecular formula is C7H11NO2. The van der Waals surface area contributed by atoms with Crippen molar-refractivity contribution in [3.8, 4) is 6.08 Å². The molecule has 0 atom stereocenters. The van der Waals surface area contributed by atoms with Crippen LogP contribution in [0.15, 0.2) is 16.9 Å². The molecule has 0 amide bonds. The molecule has 0 aliphatic rings. The van der Waals surface area contributed by atoms with Crippen LogP contribution in [-0.4, -0.2) is 11.6 Å². The van der Waals surface area contributed by atoms with Gasteiger partial charge in [0, 0.05) is 0 Å². The third kappa shape index (κ3) is 2.09. The van der Waals surface area contributed by atoms with E-state index in [0.29, 0.717) is 18.6 Å². The fraction of sp³-hybridized carbons (Fsp3) is 0.571. The molecule has 0 aromatic carbocycles. The van der Waals surface area contributed by atoms with E-state index in [0.717, 1.165) is 0 Å². The summed E-state index contributed by atoms with van der Waals surface area (Å²) in [6.07, 6.45) is 3.42. The molecule has 0 unspecified atom stereocenters. The van der Waals surface area contributed by atoms with Gasteiger partial charge < -0.3 is 9.15 Å². The topological polar surface area (TPSA) is 35.3 Å². The average molecular weight is 141 g/mol. The summed E-state index contributed by atoms with van der Waals surface area (Å²) in [4.78, 5) is 3.80. The molecular weight excluding hydrogens is 130 g/mol. The summed E-state index contributed by atoms with van der Waals surface area (Å²) in [5, 5.41) is 0. The van der Waals surface area contributed by atoms with Crippen LogP contribution in [0.4, 0.5) is 0 Å². The number of aromatic nitrogens is 1. The highest BCUT2D eigenvalue weighted by Crippen LogP contribution is 2.05. The predicted molar refractivity (Wildman–Crippen MR) is 36.8 cm³/mol. The number of hydrogen-bond acceptors (Lipinski definition) is 3. The van der Waals surface area contributed by atoms with E-state index in [1.165, 1.54) is 6.26 Å². The van der Waals surface area contributed by atoms with Gasteiger partial charge in [-0.3, -0.25) is 0 Å². The molecule has 1 aromatic rings. The monoisotopic (exact) mass is 141 g/mol. The minimum atomic E-state index is 0.355. The van der Waals surface area contributed by atoms with Crippen molar-refractivity contribution in [1.82, 2.24) is 4.98 Å². The maximum Gasteiger partial charge on any atom is 0.393 e. The first-order chi connectivity index (χ1) is 4.79. The summed E-state index contributed by atoms with van der Waals surface area (Å²) < 4.78 is 9.98. The standard InChI is InChI=1S/C7H11NO2/c1-6(2)5-10-7-8-3-4-9-7/h3-4,6H,5H2,1-2H3. The van der Waals surface area contributed by atoms with Gasteiger partial charge in [-0.05, 0) is 5.92 Å². The number of nitrogens with zero attached hydrogens (tertiary/aromatic N) is 1. The first kappa shape index (κ1) is 7.12. The van der Waals surface area contributed by atoms with Crippen LogP contribution >= 0.6 is 0 Å². The molecule has 0 aliphatic heterocycles. The van der Waals surface area contributed by atoms with Crippen LogP contribution in [-0.2, 0) is 0 Å². The van der Waals surface area contributed by atoms with E-state index in [9.17, 15) is 0 Å². The van der Waals surface area contributed by atoms with E-state index in [1.807, 2.05) is 0 Å². The molecule has 0 radical (unpaired) electrons. The van der Waals surface area contributed by atoms with E-state index in [4.69, 9.17) is 9.15 Å². The molecule has 0 aliphatic carbocycles. The van der Waals surface area contributed by atoms with Gasteiger partial charge in [-0.1, -0.05) is 13.8 Å². The Hall–Kier alpha value is -0.990. The van der Waals surface area contributed by atoms with E-state index in [1.54, 1.807) is 6.20 Å². The van der Waals surface area contributed by atoms with Crippen molar-refractivity contribution in [2.45, 2.75) is 13.8 Å². The van der Waals surface area contributed by atoms with Gasteiger partial charge in [0.25, 0.3) is 0 Å². The Labute approximate surface area is 60.0 Å². The summed E-state index contributed by atoms with van der Waals surface area (Å²) in [6, 6.07) is 0. The second kappa shape index (κ2) is 3.25. The van der Waals surface area contributed by atoms with Crippen LogP contribution in [0.5, 0.6) is 6.08 Å². The molecule has 0 saturated carbocycles. The van der Waals surface area contributed by atoms with Gasteiger partial charge in [-0.2, -0.15) is 4.98 Å². The summed E-state index contributed by atoms with van der Waals surface area (Å²) in [5.74, 6) is 0.506. The Balaban J connectivity index is 2.28. The summed E-state index contributed by atoms with van der Waals surface area (Å²) in [7, 11) is 0. The Morgan fingerprint density at radius 3 is 3.00 bits per heavy atom. The lowest BCUT2D eigenvalue weighted by Crippen LogP contribution is -2.04. The summed E-state index contributed by atoms with van der Waals surface area (Å²) in [6.45, 7) is 4.80. The number of oxazole rings is 1. The highest BCUT2D eigenvalue weighted by molar-refractivity contribution is 4.84. The van der Waals surface area contributed by atoms with Gasteiger partial charge in [0.15, 0.2) is 0 Å². The van der Waals surface area contributed by atoms with E-state index < -0.39 is 0 Å². The molecule has 0 fully saturated rings. The highest BCUT2D eigenvalue weighted by Gasteiger charge is 1.98. The third-order valence-corrected chi connectivity index (χ3v) is 0.950. The van der Waals surface area contributed by atoms with Gasteiger partial charge in [0.05, 0.1) is 12.8 Å². The zero-order valence-corrected chi connectivity index (χ0v) is 6.20. The van der Waals surface area contributed by atoms with Crippen molar-refractivity contribution >= 4 is 0 Å². The van der Waals surface area contributed by atoms with Gasteiger partial charge in [-0.25, -0.2) is 0 Å². The van der Waals surface area contributed by atoms with Crippen molar-refractivity contribution < 1.29 is 9.15 Å². The highest BCUT2D eigenvalue weighted by atomic mass is 16.6. The molecule has 10 heavy (non-hydrogen) atoms. The smallest absolute Gasteiger partial charge is 0.393 e. The van der Waals surface area contributed by atoms with Crippen LogP contribution in [0.2, 0.25) is 0 Å². The first-order valence-corrected chi connectivity index (χ1v) is 3.31. The third-order valence-electron chi connectivity index (χ3n) is 0.950. The molecule has 0 spiro atoms. The quantitative estimate of drug-likeness (QED) is 0.642. The zero-order chi connectivity index (χ0) is 7.40. The Morgan fingerprint density at radius 2 is 2.50 bits per heavy atom. The number of hydrogen-bond donors (Lipinski definition) is 0. The number of rotatable bonds is 3. The second-order valence-corrected chi connectivity index (χ2v) is 2.50. The fourth-order valence-corrected chi connectivity index (χ4v) is 0.520. The Bertz CT molecular complexity index is 170. The summed E-state index contributed by atoms with van der Waals surface area (Å²) >= 11 is 0. The first-order valence-electron chi connectivity index (χ1n) is 3.31. The van der Waals surface area contributed by atoms with E-state index in [2.05, 4.69) is 18.8 Å². The Kier molecular flexibility index (Phi) is 2.31. The maximum absolute atomic E-state index is 5.13. The van der Waals surface area contributed by atoms with Gasteiger partial charge >= 0.3 is 6.08 Å². The lowest BCUT2D eigenvalue weighted by atomic mass is 10.2. The molecule has 0 bridgehead atoms. The van der Waals surface area contributed by atoms with Crippen molar-refractivity contribution in [2.75, 3.05) is 6.61 Å². The maximum atomic E-state index is 5.13. The molecule has 3 nitrogen and oxygen atoms in total. The molecule has 1 aromatic heterocycles. The van der Waals surface area contributed by atoms with Crippen LogP contribution in [0.25, 0.3) is 0 Å². The summed E-state index contributed by atoms with van der Waals surface area (Å²) in [5.41, 5.74) is 0. The SMILES string of the molecule is CC(C)COc1ncco1. The van der Waals surface area contributed by atoms with Crippen molar-refractivity contribution in [2.24, 2.45) is 5.92 Å². The van der Waals surface area contributed by atoms with Gasteiger partial charge in [0.1, 0.15) is 6.26 Å².